The molecule has 0 heterocycles. The van der Waals surface area contributed by atoms with Crippen LogP contribution in [0.1, 0.15) is 5.56 Å². The molecule has 0 bridgehead atoms. The van der Waals surface area contributed by atoms with Crippen molar-refractivity contribution in [2.75, 3.05) is 13.7 Å². The molecule has 0 spiro atoms. The van der Waals surface area contributed by atoms with Crippen LogP contribution in [0, 0.1) is 0 Å². The van der Waals surface area contributed by atoms with E-state index in [-0.39, 0.29) is 6.61 Å². The molecular formula is C12H15F2NO3. The second kappa shape index (κ2) is 7.73. The Morgan fingerprint density at radius 1 is 1.33 bits per heavy atom. The highest BCUT2D eigenvalue weighted by atomic mass is 19.3. The first kappa shape index (κ1) is 14.5. The maximum absolute atomic E-state index is 11.8. The lowest BCUT2D eigenvalue weighted by molar-refractivity contribution is -0.159. The van der Waals surface area contributed by atoms with Gasteiger partial charge in [0.15, 0.2) is 0 Å². The third kappa shape index (κ3) is 5.20. The highest BCUT2D eigenvalue weighted by Crippen LogP contribution is 2.03. The lowest BCUT2D eigenvalue weighted by atomic mass is 10.2. The van der Waals surface area contributed by atoms with Crippen molar-refractivity contribution >= 4 is 5.97 Å². The van der Waals surface area contributed by atoms with E-state index in [1.165, 1.54) is 7.05 Å². The van der Waals surface area contributed by atoms with Crippen LogP contribution in [0.2, 0.25) is 0 Å². The van der Waals surface area contributed by atoms with Crippen molar-refractivity contribution in [2.45, 2.75) is 19.3 Å². The zero-order valence-corrected chi connectivity index (χ0v) is 9.94. The smallest absolute Gasteiger partial charge is 0.345 e. The maximum atomic E-state index is 11.8. The molecular weight excluding hydrogens is 244 g/mol. The van der Waals surface area contributed by atoms with Gasteiger partial charge in [-0.3, -0.25) is 4.79 Å². The molecule has 1 rings (SSSR count). The molecule has 1 unspecified atom stereocenters. The molecule has 100 valence electrons. The highest BCUT2D eigenvalue weighted by Gasteiger charge is 2.20. The lowest BCUT2D eigenvalue weighted by Gasteiger charge is -2.15. The summed E-state index contributed by atoms with van der Waals surface area (Å²) in [6.45, 7) is -3.23. The molecule has 0 aromatic heterocycles. The number of benzene rings is 1. The van der Waals surface area contributed by atoms with Crippen molar-refractivity contribution in [3.63, 3.8) is 0 Å². The van der Waals surface area contributed by atoms with Crippen molar-refractivity contribution in [3.05, 3.63) is 35.9 Å². The zero-order chi connectivity index (χ0) is 13.4. The van der Waals surface area contributed by atoms with E-state index < -0.39 is 25.2 Å². The Hall–Kier alpha value is -1.53. The number of carbonyl (C=O) groups excluding carboxylic acids is 1. The standard InChI is InChI=1S/C12H15F2NO3/c1-15-10(8-18-12(13)14)11(16)17-7-9-5-3-2-4-6-9/h2-6,10,12,15H,7-8H2,1H3. The van der Waals surface area contributed by atoms with Crippen LogP contribution in [0.4, 0.5) is 8.78 Å². The van der Waals surface area contributed by atoms with Gasteiger partial charge in [-0.2, -0.15) is 8.78 Å². The molecule has 0 aliphatic rings. The van der Waals surface area contributed by atoms with E-state index in [1.54, 1.807) is 12.1 Å². The number of esters is 1. The van der Waals surface area contributed by atoms with Gasteiger partial charge in [0, 0.05) is 0 Å². The van der Waals surface area contributed by atoms with Crippen LogP contribution in [0.3, 0.4) is 0 Å². The van der Waals surface area contributed by atoms with Crippen LogP contribution >= 0.6 is 0 Å². The summed E-state index contributed by atoms with van der Waals surface area (Å²) in [7, 11) is 1.48. The molecule has 0 saturated heterocycles. The highest BCUT2D eigenvalue weighted by molar-refractivity contribution is 5.75. The maximum Gasteiger partial charge on any atom is 0.345 e. The van der Waals surface area contributed by atoms with E-state index in [4.69, 9.17) is 4.74 Å². The molecule has 1 atom stereocenters. The van der Waals surface area contributed by atoms with Crippen molar-refractivity contribution in [1.29, 1.82) is 0 Å². The van der Waals surface area contributed by atoms with Gasteiger partial charge in [-0.1, -0.05) is 30.3 Å². The van der Waals surface area contributed by atoms with Crippen molar-refractivity contribution in [2.24, 2.45) is 0 Å². The van der Waals surface area contributed by atoms with Gasteiger partial charge in [0.05, 0.1) is 6.61 Å². The monoisotopic (exact) mass is 259 g/mol. The minimum Gasteiger partial charge on any atom is -0.460 e. The SMILES string of the molecule is CNC(COC(F)F)C(=O)OCc1ccccc1. The van der Waals surface area contributed by atoms with Gasteiger partial charge >= 0.3 is 12.6 Å². The van der Waals surface area contributed by atoms with E-state index in [2.05, 4.69) is 10.1 Å². The summed E-state index contributed by atoms with van der Waals surface area (Å²) in [5.74, 6) is -0.623. The normalized spacial score (nSPS) is 12.4. The Labute approximate surface area is 104 Å². The number of ether oxygens (including phenoxy) is 2. The molecule has 18 heavy (non-hydrogen) atoms. The second-order valence-electron chi connectivity index (χ2n) is 3.53. The number of likely N-dealkylation sites (N-methyl/N-ethyl adjacent to an activating group) is 1. The number of hydrogen-bond acceptors (Lipinski definition) is 4. The third-order valence-corrected chi connectivity index (χ3v) is 2.25. The molecule has 6 heteroatoms. The summed E-state index contributed by atoms with van der Waals surface area (Å²) in [6, 6.07) is 8.19. The predicted octanol–water partition coefficient (Wildman–Crippen LogP) is 1.56. The molecule has 0 aliphatic heterocycles. The first-order valence-corrected chi connectivity index (χ1v) is 5.41. The fraction of sp³-hybridized carbons (Fsp3) is 0.417. The van der Waals surface area contributed by atoms with Crippen LogP contribution in [0.15, 0.2) is 30.3 Å². The molecule has 1 N–H and O–H groups in total. The van der Waals surface area contributed by atoms with E-state index >= 15 is 0 Å². The van der Waals surface area contributed by atoms with E-state index in [0.29, 0.717) is 0 Å². The average Bonchev–Trinajstić information content (AvgIpc) is 2.38. The van der Waals surface area contributed by atoms with Gasteiger partial charge in [-0.25, -0.2) is 0 Å². The first-order chi connectivity index (χ1) is 8.63. The van der Waals surface area contributed by atoms with Gasteiger partial charge in [-0.05, 0) is 12.6 Å². The Balaban J connectivity index is 2.38. The first-order valence-electron chi connectivity index (χ1n) is 5.41. The Morgan fingerprint density at radius 2 is 2.00 bits per heavy atom. The number of nitrogens with one attached hydrogen (secondary N) is 1. The van der Waals surface area contributed by atoms with E-state index in [0.717, 1.165) is 5.56 Å². The Kier molecular flexibility index (Phi) is 6.24. The Morgan fingerprint density at radius 3 is 2.56 bits per heavy atom. The van der Waals surface area contributed by atoms with Gasteiger partial charge < -0.3 is 14.8 Å². The molecule has 0 fully saturated rings. The van der Waals surface area contributed by atoms with E-state index in [1.807, 2.05) is 18.2 Å². The summed E-state index contributed by atoms with van der Waals surface area (Å²) in [5.41, 5.74) is 0.829. The van der Waals surface area contributed by atoms with Crippen LogP contribution in [0.5, 0.6) is 0 Å². The fourth-order valence-corrected chi connectivity index (χ4v) is 1.27. The molecule has 1 aromatic rings. The molecule has 4 nitrogen and oxygen atoms in total. The molecule has 0 saturated carbocycles. The second-order valence-corrected chi connectivity index (χ2v) is 3.53. The van der Waals surface area contributed by atoms with Crippen LogP contribution in [0.25, 0.3) is 0 Å². The number of carbonyl (C=O) groups is 1. The third-order valence-electron chi connectivity index (χ3n) is 2.25. The summed E-state index contributed by atoms with van der Waals surface area (Å²) < 4.78 is 32.7. The number of halogens is 2. The van der Waals surface area contributed by atoms with Crippen molar-refractivity contribution < 1.29 is 23.0 Å². The fourth-order valence-electron chi connectivity index (χ4n) is 1.27. The minimum atomic E-state index is -2.90. The summed E-state index contributed by atoms with van der Waals surface area (Å²) in [5, 5.41) is 2.56. The van der Waals surface area contributed by atoms with Crippen LogP contribution < -0.4 is 5.32 Å². The number of hydrogen-bond donors (Lipinski definition) is 1. The van der Waals surface area contributed by atoms with Gasteiger partial charge in [0.25, 0.3) is 0 Å². The van der Waals surface area contributed by atoms with Crippen LogP contribution in [-0.2, 0) is 20.9 Å². The average molecular weight is 259 g/mol. The lowest BCUT2D eigenvalue weighted by Crippen LogP contribution is -2.40. The zero-order valence-electron chi connectivity index (χ0n) is 9.94. The van der Waals surface area contributed by atoms with E-state index in [9.17, 15) is 13.6 Å². The molecule has 0 aliphatic carbocycles. The summed E-state index contributed by atoms with van der Waals surface area (Å²) in [4.78, 5) is 11.6. The van der Waals surface area contributed by atoms with Crippen LogP contribution in [-0.4, -0.2) is 32.3 Å². The number of rotatable bonds is 7. The summed E-state index contributed by atoms with van der Waals surface area (Å²) in [6.07, 6.45) is 0. The van der Waals surface area contributed by atoms with Gasteiger partial charge in [0.2, 0.25) is 0 Å². The predicted molar refractivity (Wildman–Crippen MR) is 61.0 cm³/mol. The van der Waals surface area contributed by atoms with Gasteiger partial charge in [0.1, 0.15) is 12.6 Å². The van der Waals surface area contributed by atoms with Crippen molar-refractivity contribution in [1.82, 2.24) is 5.32 Å². The largest absolute Gasteiger partial charge is 0.460 e. The topological polar surface area (TPSA) is 47.6 Å². The molecule has 0 radical (unpaired) electrons. The molecule has 1 aromatic carbocycles. The van der Waals surface area contributed by atoms with Crippen molar-refractivity contribution in [3.8, 4) is 0 Å². The quantitative estimate of drug-likeness (QED) is 0.755. The minimum absolute atomic E-state index is 0.104. The molecule has 0 amide bonds. The Bertz CT molecular complexity index is 360. The summed E-state index contributed by atoms with van der Waals surface area (Å²) >= 11 is 0. The van der Waals surface area contributed by atoms with Gasteiger partial charge in [-0.15, -0.1) is 0 Å². The number of alkyl halides is 2.